The van der Waals surface area contributed by atoms with E-state index in [1.165, 1.54) is 0 Å². The van der Waals surface area contributed by atoms with Crippen LogP contribution in [0.2, 0.25) is 0 Å². The number of nitrogens with two attached hydrogens (primary N) is 1. The fourth-order valence-electron chi connectivity index (χ4n) is 0.961. The van der Waals surface area contributed by atoms with Crippen LogP contribution in [-0.2, 0) is 17.7 Å². The molecule has 1 aromatic rings. The van der Waals surface area contributed by atoms with Gasteiger partial charge in [0.05, 0.1) is 5.69 Å². The molecule has 2 N–H and O–H groups in total. The van der Waals surface area contributed by atoms with E-state index in [2.05, 4.69) is 5.16 Å². The van der Waals surface area contributed by atoms with Gasteiger partial charge in [0, 0.05) is 32.7 Å². The van der Waals surface area contributed by atoms with Gasteiger partial charge >= 0.3 is 0 Å². The van der Waals surface area contributed by atoms with Crippen LogP contribution in [0.4, 0.5) is 0 Å². The van der Waals surface area contributed by atoms with Crippen molar-refractivity contribution in [1.29, 1.82) is 0 Å². The maximum absolute atomic E-state index is 5.37. The molecule has 0 saturated heterocycles. The molecule has 0 spiro atoms. The summed E-state index contributed by atoms with van der Waals surface area (Å²) in [4.78, 5) is 0. The Hall–Kier alpha value is -0.870. The lowest BCUT2D eigenvalue weighted by atomic mass is 10.2. The van der Waals surface area contributed by atoms with Gasteiger partial charge in [-0.1, -0.05) is 5.16 Å². The number of methoxy groups -OCH3 is 1. The van der Waals surface area contributed by atoms with Gasteiger partial charge in [0.2, 0.25) is 0 Å². The van der Waals surface area contributed by atoms with Crippen molar-refractivity contribution in [3.8, 4) is 0 Å². The molecule has 0 bridgehead atoms. The van der Waals surface area contributed by atoms with Crippen molar-refractivity contribution >= 4 is 0 Å². The first-order valence-corrected chi connectivity index (χ1v) is 4.00. The molecule has 1 aromatic heterocycles. The summed E-state index contributed by atoms with van der Waals surface area (Å²) in [6, 6.07) is 1.88. The zero-order chi connectivity index (χ0) is 8.81. The van der Waals surface area contributed by atoms with Gasteiger partial charge in [0.15, 0.2) is 0 Å². The van der Waals surface area contributed by atoms with Crippen molar-refractivity contribution in [3.05, 3.63) is 17.5 Å². The highest BCUT2D eigenvalue weighted by atomic mass is 16.5. The standard InChI is InChI=1S/C8H14N2O2/c1-11-4-2-3-8-5-7(6-9)10-12-8/h5H,2-4,6,9H2,1H3. The van der Waals surface area contributed by atoms with Gasteiger partial charge in [-0.15, -0.1) is 0 Å². The quantitative estimate of drug-likeness (QED) is 0.661. The third-order valence-electron chi connectivity index (χ3n) is 1.59. The van der Waals surface area contributed by atoms with Crippen LogP contribution >= 0.6 is 0 Å². The molecule has 0 saturated carbocycles. The van der Waals surface area contributed by atoms with Crippen LogP contribution in [0.15, 0.2) is 10.6 Å². The fourth-order valence-corrected chi connectivity index (χ4v) is 0.961. The Morgan fingerprint density at radius 3 is 3.08 bits per heavy atom. The van der Waals surface area contributed by atoms with Crippen molar-refractivity contribution in [2.24, 2.45) is 5.73 Å². The van der Waals surface area contributed by atoms with E-state index in [1.807, 2.05) is 6.07 Å². The number of nitrogens with zero attached hydrogens (tertiary/aromatic N) is 1. The minimum atomic E-state index is 0.438. The Morgan fingerprint density at radius 2 is 2.50 bits per heavy atom. The number of rotatable bonds is 5. The van der Waals surface area contributed by atoms with E-state index < -0.39 is 0 Å². The van der Waals surface area contributed by atoms with Crippen molar-refractivity contribution in [2.75, 3.05) is 13.7 Å². The molecule has 4 nitrogen and oxygen atoms in total. The van der Waals surface area contributed by atoms with Gasteiger partial charge in [-0.05, 0) is 6.42 Å². The lowest BCUT2D eigenvalue weighted by Crippen LogP contribution is -1.95. The number of hydrogen-bond acceptors (Lipinski definition) is 4. The number of aromatic nitrogens is 1. The summed E-state index contributed by atoms with van der Waals surface area (Å²) in [6.45, 7) is 1.19. The third-order valence-corrected chi connectivity index (χ3v) is 1.59. The summed E-state index contributed by atoms with van der Waals surface area (Å²) < 4.78 is 9.93. The van der Waals surface area contributed by atoms with E-state index in [9.17, 15) is 0 Å². The summed E-state index contributed by atoms with van der Waals surface area (Å²) in [7, 11) is 1.69. The molecule has 1 rings (SSSR count). The second-order valence-electron chi connectivity index (χ2n) is 2.59. The number of aryl methyl sites for hydroxylation is 1. The molecule has 0 aliphatic rings. The van der Waals surface area contributed by atoms with Crippen LogP contribution in [0.3, 0.4) is 0 Å². The first-order chi connectivity index (χ1) is 5.86. The molecule has 0 radical (unpaired) electrons. The van der Waals surface area contributed by atoms with Crippen molar-refractivity contribution in [2.45, 2.75) is 19.4 Å². The molecule has 0 fully saturated rings. The van der Waals surface area contributed by atoms with Gasteiger partial charge in [0.25, 0.3) is 0 Å². The lowest BCUT2D eigenvalue weighted by Gasteiger charge is -1.93. The molecule has 0 amide bonds. The molecular weight excluding hydrogens is 156 g/mol. The van der Waals surface area contributed by atoms with E-state index in [1.54, 1.807) is 7.11 Å². The van der Waals surface area contributed by atoms with Crippen molar-refractivity contribution in [3.63, 3.8) is 0 Å². The molecule has 4 heteroatoms. The van der Waals surface area contributed by atoms with Crippen LogP contribution in [-0.4, -0.2) is 18.9 Å². The summed E-state index contributed by atoms with van der Waals surface area (Å²) in [5.74, 6) is 0.882. The van der Waals surface area contributed by atoms with E-state index in [0.29, 0.717) is 6.54 Å². The Bertz CT molecular complexity index is 223. The zero-order valence-corrected chi connectivity index (χ0v) is 7.25. The molecular formula is C8H14N2O2. The summed E-state index contributed by atoms with van der Waals surface area (Å²) in [6.07, 6.45) is 1.82. The summed E-state index contributed by atoms with van der Waals surface area (Å²) in [5, 5.41) is 3.77. The normalized spacial score (nSPS) is 10.5. The SMILES string of the molecule is COCCCc1cc(CN)no1. The molecule has 0 aromatic carbocycles. The van der Waals surface area contributed by atoms with Gasteiger partial charge in [-0.3, -0.25) is 0 Å². The second-order valence-corrected chi connectivity index (χ2v) is 2.59. The predicted molar refractivity (Wildman–Crippen MR) is 44.6 cm³/mol. The van der Waals surface area contributed by atoms with Crippen molar-refractivity contribution in [1.82, 2.24) is 5.16 Å². The molecule has 0 unspecified atom stereocenters. The maximum Gasteiger partial charge on any atom is 0.137 e. The van der Waals surface area contributed by atoms with E-state index in [0.717, 1.165) is 30.9 Å². The number of ether oxygens (including phenoxy) is 1. The highest BCUT2D eigenvalue weighted by Gasteiger charge is 2.01. The highest BCUT2D eigenvalue weighted by Crippen LogP contribution is 2.05. The Balaban J connectivity index is 2.31. The smallest absolute Gasteiger partial charge is 0.137 e. The topological polar surface area (TPSA) is 61.3 Å². The van der Waals surface area contributed by atoms with Gasteiger partial charge < -0.3 is 15.0 Å². The second kappa shape index (κ2) is 4.90. The first-order valence-electron chi connectivity index (χ1n) is 4.00. The van der Waals surface area contributed by atoms with Crippen LogP contribution in [0.1, 0.15) is 17.9 Å². The van der Waals surface area contributed by atoms with Crippen LogP contribution in [0.25, 0.3) is 0 Å². The molecule has 12 heavy (non-hydrogen) atoms. The minimum absolute atomic E-state index is 0.438. The zero-order valence-electron chi connectivity index (χ0n) is 7.25. The van der Waals surface area contributed by atoms with Crippen LogP contribution in [0, 0.1) is 0 Å². The Kier molecular flexibility index (Phi) is 3.76. The lowest BCUT2D eigenvalue weighted by molar-refractivity contribution is 0.192. The van der Waals surface area contributed by atoms with E-state index >= 15 is 0 Å². The van der Waals surface area contributed by atoms with Crippen molar-refractivity contribution < 1.29 is 9.26 Å². The van der Waals surface area contributed by atoms with Gasteiger partial charge in [0.1, 0.15) is 5.76 Å². The molecule has 0 aliphatic heterocycles. The molecule has 68 valence electrons. The number of hydrogen-bond donors (Lipinski definition) is 1. The maximum atomic E-state index is 5.37. The van der Waals surface area contributed by atoms with E-state index in [4.69, 9.17) is 15.0 Å². The highest BCUT2D eigenvalue weighted by molar-refractivity contribution is 5.04. The third kappa shape index (κ3) is 2.64. The van der Waals surface area contributed by atoms with Crippen LogP contribution < -0.4 is 5.73 Å². The van der Waals surface area contributed by atoms with Crippen LogP contribution in [0.5, 0.6) is 0 Å². The largest absolute Gasteiger partial charge is 0.385 e. The fraction of sp³-hybridized carbons (Fsp3) is 0.625. The minimum Gasteiger partial charge on any atom is -0.385 e. The monoisotopic (exact) mass is 170 g/mol. The first kappa shape index (κ1) is 9.22. The summed E-state index contributed by atoms with van der Waals surface area (Å²) in [5.41, 5.74) is 6.18. The molecule has 0 atom stereocenters. The molecule has 1 heterocycles. The average Bonchev–Trinajstić information content (AvgIpc) is 2.53. The van der Waals surface area contributed by atoms with Gasteiger partial charge in [-0.2, -0.15) is 0 Å². The molecule has 0 aliphatic carbocycles. The summed E-state index contributed by atoms with van der Waals surface area (Å²) >= 11 is 0. The Labute approximate surface area is 71.7 Å². The Morgan fingerprint density at radius 1 is 1.67 bits per heavy atom. The predicted octanol–water partition coefficient (Wildman–Crippen LogP) is 0.712. The average molecular weight is 170 g/mol. The van der Waals surface area contributed by atoms with Gasteiger partial charge in [-0.25, -0.2) is 0 Å². The van der Waals surface area contributed by atoms with E-state index in [-0.39, 0.29) is 0 Å².